The number of sulfonamides is 1. The number of methoxy groups -OCH3 is 1. The minimum Gasteiger partial charge on any atom is -0.465 e. The van der Waals surface area contributed by atoms with Crippen LogP contribution in [-0.4, -0.2) is 49.6 Å². The molecule has 10 nitrogen and oxygen atoms in total. The topological polar surface area (TPSA) is 130 Å². The Kier molecular flexibility index (Phi) is 7.93. The Labute approximate surface area is 226 Å². The van der Waals surface area contributed by atoms with Crippen LogP contribution in [0.15, 0.2) is 77.7 Å². The molecular formula is C28H27N3O7S. The zero-order valence-electron chi connectivity index (χ0n) is 21.6. The van der Waals surface area contributed by atoms with Gasteiger partial charge in [-0.3, -0.25) is 14.4 Å². The molecule has 4 rings (SSSR count). The fraction of sp³-hybridized carbons (Fsp3) is 0.214. The van der Waals surface area contributed by atoms with Gasteiger partial charge in [-0.25, -0.2) is 18.1 Å². The average Bonchev–Trinajstić information content (AvgIpc) is 3.20. The molecule has 0 saturated carbocycles. The lowest BCUT2D eigenvalue weighted by Gasteiger charge is -2.27. The number of anilines is 2. The summed E-state index contributed by atoms with van der Waals surface area (Å²) < 4.78 is 33.5. The highest BCUT2D eigenvalue weighted by Crippen LogP contribution is 2.31. The highest BCUT2D eigenvalue weighted by molar-refractivity contribution is 7.89. The van der Waals surface area contributed by atoms with Gasteiger partial charge in [-0.15, -0.1) is 0 Å². The third-order valence-electron chi connectivity index (χ3n) is 6.26. The van der Waals surface area contributed by atoms with Gasteiger partial charge in [0.15, 0.2) is 0 Å². The van der Waals surface area contributed by atoms with Crippen molar-refractivity contribution in [3.05, 3.63) is 89.5 Å². The van der Waals surface area contributed by atoms with Crippen molar-refractivity contribution in [2.45, 2.75) is 37.8 Å². The monoisotopic (exact) mass is 549 g/mol. The molecule has 0 spiro atoms. The first kappa shape index (κ1) is 27.7. The maximum atomic E-state index is 13.9. The molecule has 3 aromatic rings. The van der Waals surface area contributed by atoms with Crippen LogP contribution in [-0.2, 0) is 35.7 Å². The third kappa shape index (κ3) is 5.89. The molecule has 39 heavy (non-hydrogen) atoms. The van der Waals surface area contributed by atoms with E-state index in [2.05, 4.69) is 10.1 Å². The smallest absolute Gasteiger partial charge is 0.337 e. The molecule has 3 aromatic carbocycles. The van der Waals surface area contributed by atoms with E-state index in [1.807, 2.05) is 19.1 Å². The number of esters is 1. The molecule has 1 fully saturated rings. The summed E-state index contributed by atoms with van der Waals surface area (Å²) in [7, 11) is -3.02. The SMILES string of the molecule is COC(=O)c1ccc(N2C(=O)CC(N(Cc3ccc(C)cc3)S(=O)(=O)c3ccc(NC(C)=O)cc3)C2=O)cc1. The van der Waals surface area contributed by atoms with E-state index < -0.39 is 33.8 Å². The van der Waals surface area contributed by atoms with Gasteiger partial charge in [-0.1, -0.05) is 29.8 Å². The van der Waals surface area contributed by atoms with Gasteiger partial charge >= 0.3 is 5.97 Å². The van der Waals surface area contributed by atoms with Crippen LogP contribution in [0.25, 0.3) is 0 Å². The van der Waals surface area contributed by atoms with Gasteiger partial charge in [-0.2, -0.15) is 4.31 Å². The van der Waals surface area contributed by atoms with E-state index in [0.717, 1.165) is 14.8 Å². The number of carbonyl (C=O) groups excluding carboxylic acids is 4. The van der Waals surface area contributed by atoms with Crippen molar-refractivity contribution in [1.29, 1.82) is 0 Å². The van der Waals surface area contributed by atoms with Crippen LogP contribution in [0.1, 0.15) is 34.8 Å². The lowest BCUT2D eigenvalue weighted by molar-refractivity contribution is -0.122. The summed E-state index contributed by atoms with van der Waals surface area (Å²) >= 11 is 0. The van der Waals surface area contributed by atoms with Gasteiger partial charge in [-0.05, 0) is 61.0 Å². The van der Waals surface area contributed by atoms with Crippen LogP contribution in [0.3, 0.4) is 0 Å². The quantitative estimate of drug-likeness (QED) is 0.337. The Balaban J connectivity index is 1.70. The van der Waals surface area contributed by atoms with Gasteiger partial charge in [0.1, 0.15) is 6.04 Å². The summed E-state index contributed by atoms with van der Waals surface area (Å²) in [5.41, 5.74) is 2.49. The molecule has 11 heteroatoms. The molecule has 3 amide bonds. The first-order valence-corrected chi connectivity index (χ1v) is 13.5. The Morgan fingerprint density at radius 2 is 1.59 bits per heavy atom. The zero-order valence-corrected chi connectivity index (χ0v) is 22.4. The summed E-state index contributed by atoms with van der Waals surface area (Å²) in [6.45, 7) is 3.09. The number of ether oxygens (including phenoxy) is 1. The molecule has 0 bridgehead atoms. The molecule has 0 aliphatic carbocycles. The molecule has 202 valence electrons. The Morgan fingerprint density at radius 3 is 2.15 bits per heavy atom. The minimum absolute atomic E-state index is 0.0927. The van der Waals surface area contributed by atoms with Gasteiger partial charge in [0.2, 0.25) is 21.8 Å². The second-order valence-corrected chi connectivity index (χ2v) is 11.0. The highest BCUT2D eigenvalue weighted by Gasteiger charge is 2.47. The fourth-order valence-corrected chi connectivity index (χ4v) is 5.83. The van der Waals surface area contributed by atoms with Crippen molar-refractivity contribution in [3.63, 3.8) is 0 Å². The molecule has 1 unspecified atom stereocenters. The number of nitrogens with one attached hydrogen (secondary N) is 1. The molecule has 1 heterocycles. The summed E-state index contributed by atoms with van der Waals surface area (Å²) in [5.74, 6) is -2.14. The van der Waals surface area contributed by atoms with Crippen molar-refractivity contribution < 1.29 is 32.3 Å². The molecular weight excluding hydrogens is 522 g/mol. The van der Waals surface area contributed by atoms with E-state index in [9.17, 15) is 27.6 Å². The van der Waals surface area contributed by atoms with E-state index in [-0.39, 0.29) is 35.0 Å². The second-order valence-electron chi connectivity index (χ2n) is 9.07. The molecule has 0 radical (unpaired) electrons. The van der Waals surface area contributed by atoms with Crippen LogP contribution >= 0.6 is 0 Å². The first-order valence-electron chi connectivity index (χ1n) is 12.0. The number of nitrogens with zero attached hydrogens (tertiary/aromatic N) is 2. The fourth-order valence-electron chi connectivity index (χ4n) is 4.26. The molecule has 0 aromatic heterocycles. The van der Waals surface area contributed by atoms with Crippen LogP contribution < -0.4 is 10.2 Å². The van der Waals surface area contributed by atoms with E-state index in [1.54, 1.807) is 12.1 Å². The van der Waals surface area contributed by atoms with Crippen LogP contribution in [0.4, 0.5) is 11.4 Å². The normalized spacial score (nSPS) is 15.5. The standard InChI is InChI=1S/C28H27N3O7S/c1-18-4-6-20(7-5-18)17-30(39(36,37)24-14-10-22(11-15-24)29-19(2)32)25-16-26(33)31(27(25)34)23-12-8-21(9-13-23)28(35)38-3/h4-15,25H,16-17H2,1-3H3,(H,29,32). The van der Waals surface area contributed by atoms with E-state index in [1.165, 1.54) is 62.6 Å². The van der Waals surface area contributed by atoms with Gasteiger partial charge in [0, 0.05) is 19.2 Å². The number of amides is 3. The molecule has 1 N–H and O–H groups in total. The lowest BCUT2D eigenvalue weighted by Crippen LogP contribution is -2.45. The second kappa shape index (κ2) is 11.2. The van der Waals surface area contributed by atoms with E-state index >= 15 is 0 Å². The van der Waals surface area contributed by atoms with Crippen molar-refractivity contribution in [2.75, 3.05) is 17.3 Å². The Hall–Kier alpha value is -4.35. The van der Waals surface area contributed by atoms with Gasteiger partial charge < -0.3 is 10.1 Å². The number of rotatable bonds is 8. The lowest BCUT2D eigenvalue weighted by atomic mass is 10.1. The zero-order chi connectivity index (χ0) is 28.3. The maximum absolute atomic E-state index is 13.9. The molecule has 1 aliphatic heterocycles. The van der Waals surface area contributed by atoms with Crippen molar-refractivity contribution in [2.24, 2.45) is 0 Å². The minimum atomic E-state index is -4.26. The van der Waals surface area contributed by atoms with Crippen molar-refractivity contribution in [1.82, 2.24) is 4.31 Å². The summed E-state index contributed by atoms with van der Waals surface area (Å²) in [4.78, 5) is 50.6. The predicted octanol–water partition coefficient (Wildman–Crippen LogP) is 3.26. The summed E-state index contributed by atoms with van der Waals surface area (Å²) in [6.07, 6.45) is -0.355. The first-order chi connectivity index (χ1) is 18.5. The molecule has 1 saturated heterocycles. The summed E-state index contributed by atoms with van der Waals surface area (Å²) in [5, 5.41) is 2.58. The maximum Gasteiger partial charge on any atom is 0.337 e. The summed E-state index contributed by atoms with van der Waals surface area (Å²) in [6, 6.07) is 17.2. The number of benzene rings is 3. The van der Waals surface area contributed by atoms with Crippen LogP contribution in [0.5, 0.6) is 0 Å². The number of hydrogen-bond acceptors (Lipinski definition) is 7. The van der Waals surface area contributed by atoms with Crippen molar-refractivity contribution >= 4 is 45.1 Å². The average molecular weight is 550 g/mol. The van der Waals surface area contributed by atoms with E-state index in [4.69, 9.17) is 0 Å². The van der Waals surface area contributed by atoms with Crippen LogP contribution in [0.2, 0.25) is 0 Å². The van der Waals surface area contributed by atoms with Gasteiger partial charge in [0.25, 0.3) is 5.91 Å². The number of aryl methyl sites for hydroxylation is 1. The highest BCUT2D eigenvalue weighted by atomic mass is 32.2. The van der Waals surface area contributed by atoms with Gasteiger partial charge in [0.05, 0.1) is 29.7 Å². The Morgan fingerprint density at radius 1 is 0.974 bits per heavy atom. The molecule has 1 aliphatic rings. The number of imide groups is 1. The number of hydrogen-bond donors (Lipinski definition) is 1. The number of carbonyl (C=O) groups is 4. The van der Waals surface area contributed by atoms with E-state index in [0.29, 0.717) is 11.3 Å². The van der Waals surface area contributed by atoms with Crippen molar-refractivity contribution in [3.8, 4) is 0 Å². The van der Waals surface area contributed by atoms with Crippen LogP contribution in [0, 0.1) is 6.92 Å². The molecule has 1 atom stereocenters. The largest absolute Gasteiger partial charge is 0.465 e. The third-order valence-corrected chi connectivity index (χ3v) is 8.13. The predicted molar refractivity (Wildman–Crippen MR) is 143 cm³/mol. The Bertz CT molecular complexity index is 1520.